The number of nitrogens with zero attached hydrogens (tertiary/aromatic N) is 3. The summed E-state index contributed by atoms with van der Waals surface area (Å²) in [5.41, 5.74) is 5.56. The van der Waals surface area contributed by atoms with Gasteiger partial charge in [-0.2, -0.15) is 0 Å². The summed E-state index contributed by atoms with van der Waals surface area (Å²) in [4.78, 5) is 32.6. The normalized spacial score (nSPS) is 15.2. The number of fused-ring (bicyclic) bond motifs is 2. The lowest BCUT2D eigenvalue weighted by Gasteiger charge is -2.25. The minimum Gasteiger partial charge on any atom is -0.463 e. The number of hydrogen-bond donors (Lipinski definition) is 0. The van der Waals surface area contributed by atoms with Crippen LogP contribution in [-0.2, 0) is 16.1 Å². The summed E-state index contributed by atoms with van der Waals surface area (Å²) >= 11 is 1.31. The highest BCUT2D eigenvalue weighted by Gasteiger charge is 2.33. The number of carbonyl (C=O) groups excluding carboxylic acids is 1. The predicted molar refractivity (Wildman–Crippen MR) is 168 cm³/mol. The second kappa shape index (κ2) is 11.6. The van der Waals surface area contributed by atoms with Crippen molar-refractivity contribution in [3.05, 3.63) is 138 Å². The molecule has 0 fully saturated rings. The van der Waals surface area contributed by atoms with Crippen molar-refractivity contribution < 1.29 is 13.9 Å². The van der Waals surface area contributed by atoms with Gasteiger partial charge in [-0.3, -0.25) is 9.36 Å². The molecule has 3 aromatic carbocycles. The van der Waals surface area contributed by atoms with Crippen LogP contribution < -0.4 is 14.9 Å². The maximum Gasteiger partial charge on any atom is 0.338 e. The lowest BCUT2D eigenvalue weighted by molar-refractivity contribution is -0.139. The SMILES string of the molecule is CCOC(=O)C1=C(C)N=c2s/c(=C/c3cn(Cc4ccc(F)cc4)c4ccccc34)c(=O)n2[C@@H]1c1ccc(C(C)C)cc1. The summed E-state index contributed by atoms with van der Waals surface area (Å²) in [6.45, 7) is 8.60. The van der Waals surface area contributed by atoms with E-state index in [9.17, 15) is 14.0 Å². The van der Waals surface area contributed by atoms with Crippen molar-refractivity contribution in [2.75, 3.05) is 6.61 Å². The van der Waals surface area contributed by atoms with Gasteiger partial charge >= 0.3 is 5.97 Å². The van der Waals surface area contributed by atoms with Crippen LogP contribution in [0.1, 0.15) is 61.9 Å². The largest absolute Gasteiger partial charge is 0.463 e. The lowest BCUT2D eigenvalue weighted by atomic mass is 9.93. The molecule has 43 heavy (non-hydrogen) atoms. The Hall–Kier alpha value is -4.56. The van der Waals surface area contributed by atoms with E-state index in [4.69, 9.17) is 9.73 Å². The van der Waals surface area contributed by atoms with E-state index in [0.29, 0.717) is 33.1 Å². The number of thiazole rings is 1. The van der Waals surface area contributed by atoms with E-state index in [2.05, 4.69) is 18.4 Å². The molecule has 1 aliphatic rings. The predicted octanol–water partition coefficient (Wildman–Crippen LogP) is 6.06. The first-order chi connectivity index (χ1) is 20.7. The number of allylic oxidation sites excluding steroid dienone is 1. The quantitative estimate of drug-likeness (QED) is 0.216. The summed E-state index contributed by atoms with van der Waals surface area (Å²) in [5, 5.41) is 1.000. The average molecular weight is 594 g/mol. The summed E-state index contributed by atoms with van der Waals surface area (Å²) in [5.74, 6) is -0.393. The van der Waals surface area contributed by atoms with Crippen LogP contribution in [0.5, 0.6) is 0 Å². The molecule has 8 heteroatoms. The van der Waals surface area contributed by atoms with Crippen LogP contribution in [-0.4, -0.2) is 21.7 Å². The maximum atomic E-state index is 14.1. The van der Waals surface area contributed by atoms with Crippen LogP contribution in [0, 0.1) is 5.82 Å². The molecule has 0 N–H and O–H groups in total. The summed E-state index contributed by atoms with van der Waals surface area (Å²) in [6.07, 6.45) is 3.92. The van der Waals surface area contributed by atoms with Gasteiger partial charge in [0, 0.05) is 29.2 Å². The second-order valence-corrected chi connectivity index (χ2v) is 12.0. The van der Waals surface area contributed by atoms with Gasteiger partial charge in [-0.25, -0.2) is 14.2 Å². The van der Waals surface area contributed by atoms with Crippen LogP contribution in [0.4, 0.5) is 4.39 Å². The van der Waals surface area contributed by atoms with Crippen molar-refractivity contribution in [2.24, 2.45) is 4.99 Å². The molecule has 5 aromatic rings. The third kappa shape index (κ3) is 5.39. The van der Waals surface area contributed by atoms with E-state index in [1.54, 1.807) is 30.5 Å². The molecule has 6 nitrogen and oxygen atoms in total. The molecule has 0 spiro atoms. The van der Waals surface area contributed by atoms with Gasteiger partial charge in [-0.1, -0.05) is 79.8 Å². The Morgan fingerprint density at radius 3 is 2.49 bits per heavy atom. The molecule has 2 aromatic heterocycles. The number of carbonyl (C=O) groups is 1. The summed E-state index contributed by atoms with van der Waals surface area (Å²) < 4.78 is 23.2. The van der Waals surface area contributed by atoms with Crippen LogP contribution in [0.3, 0.4) is 0 Å². The number of halogens is 1. The number of hydrogen-bond acceptors (Lipinski definition) is 5. The summed E-state index contributed by atoms with van der Waals surface area (Å²) in [6, 6.07) is 21.9. The monoisotopic (exact) mass is 593 g/mol. The van der Waals surface area contributed by atoms with E-state index in [0.717, 1.165) is 27.6 Å². The zero-order valence-electron chi connectivity index (χ0n) is 24.5. The Kier molecular flexibility index (Phi) is 7.71. The number of ether oxygens (including phenoxy) is 1. The Morgan fingerprint density at radius 2 is 1.79 bits per heavy atom. The first-order valence-corrected chi connectivity index (χ1v) is 15.2. The number of benzene rings is 3. The maximum absolute atomic E-state index is 14.1. The van der Waals surface area contributed by atoms with Crippen molar-refractivity contribution in [1.29, 1.82) is 0 Å². The van der Waals surface area contributed by atoms with Gasteiger partial charge in [0.1, 0.15) is 5.82 Å². The molecule has 218 valence electrons. The van der Waals surface area contributed by atoms with E-state index in [1.807, 2.05) is 60.8 Å². The van der Waals surface area contributed by atoms with Gasteiger partial charge in [0.05, 0.1) is 28.5 Å². The van der Waals surface area contributed by atoms with Gasteiger partial charge in [0.25, 0.3) is 5.56 Å². The van der Waals surface area contributed by atoms with Crippen LogP contribution in [0.2, 0.25) is 0 Å². The molecular weight excluding hydrogens is 561 g/mol. The molecule has 0 bridgehead atoms. The third-order valence-electron chi connectivity index (χ3n) is 7.81. The van der Waals surface area contributed by atoms with Crippen molar-refractivity contribution >= 4 is 34.3 Å². The minimum atomic E-state index is -0.654. The van der Waals surface area contributed by atoms with Crippen molar-refractivity contribution in [3.8, 4) is 0 Å². The number of esters is 1. The molecule has 0 unspecified atom stereocenters. The fourth-order valence-electron chi connectivity index (χ4n) is 5.62. The molecule has 0 saturated heterocycles. The Bertz CT molecular complexity index is 2050. The van der Waals surface area contributed by atoms with Crippen molar-refractivity contribution in [1.82, 2.24) is 9.13 Å². The molecule has 0 radical (unpaired) electrons. The molecule has 6 rings (SSSR count). The highest BCUT2D eigenvalue weighted by Crippen LogP contribution is 2.32. The zero-order chi connectivity index (χ0) is 30.2. The number of para-hydroxylation sites is 1. The molecule has 0 aliphatic carbocycles. The van der Waals surface area contributed by atoms with Crippen LogP contribution >= 0.6 is 11.3 Å². The van der Waals surface area contributed by atoms with E-state index < -0.39 is 12.0 Å². The topological polar surface area (TPSA) is 65.6 Å². The third-order valence-corrected chi connectivity index (χ3v) is 8.79. The zero-order valence-corrected chi connectivity index (χ0v) is 25.3. The molecule has 1 aliphatic heterocycles. The van der Waals surface area contributed by atoms with E-state index >= 15 is 0 Å². The molecule has 3 heterocycles. The van der Waals surface area contributed by atoms with Gasteiger partial charge in [0.2, 0.25) is 0 Å². The Labute approximate surface area is 252 Å². The van der Waals surface area contributed by atoms with Gasteiger partial charge in [-0.05, 0) is 60.7 Å². The number of rotatable bonds is 7. The highest BCUT2D eigenvalue weighted by molar-refractivity contribution is 7.07. The Balaban J connectivity index is 1.50. The first-order valence-electron chi connectivity index (χ1n) is 14.4. The molecular formula is C35H32FN3O3S. The first kappa shape index (κ1) is 28.6. The van der Waals surface area contributed by atoms with Gasteiger partial charge < -0.3 is 9.30 Å². The lowest BCUT2D eigenvalue weighted by Crippen LogP contribution is -2.39. The van der Waals surface area contributed by atoms with E-state index in [1.165, 1.54) is 29.0 Å². The smallest absolute Gasteiger partial charge is 0.338 e. The molecule has 0 saturated carbocycles. The second-order valence-electron chi connectivity index (χ2n) is 11.0. The highest BCUT2D eigenvalue weighted by atomic mass is 32.1. The van der Waals surface area contributed by atoms with Gasteiger partial charge in [0.15, 0.2) is 4.80 Å². The fraction of sp³-hybridized carbons (Fsp3) is 0.229. The average Bonchev–Trinajstić information content (AvgIpc) is 3.49. The van der Waals surface area contributed by atoms with E-state index in [-0.39, 0.29) is 18.0 Å². The van der Waals surface area contributed by atoms with Crippen LogP contribution in [0.25, 0.3) is 17.0 Å². The minimum absolute atomic E-state index is 0.216. The standard InChI is InChI=1S/C35H32FN3O3S/c1-5-42-34(41)31-22(4)37-35-39(32(31)25-14-12-24(13-15-25)21(2)3)33(40)30(43-35)18-26-20-38(29-9-7-6-8-28(26)29)19-23-10-16-27(36)17-11-23/h6-18,20-21,32H,5,19H2,1-4H3/b30-18+/t32-/m1/s1. The summed E-state index contributed by atoms with van der Waals surface area (Å²) in [7, 11) is 0. The fourth-order valence-corrected chi connectivity index (χ4v) is 6.66. The number of aromatic nitrogens is 2. The van der Waals surface area contributed by atoms with Crippen molar-refractivity contribution in [3.63, 3.8) is 0 Å². The Morgan fingerprint density at radius 1 is 1.07 bits per heavy atom. The van der Waals surface area contributed by atoms with Crippen molar-refractivity contribution in [2.45, 2.75) is 46.2 Å². The molecule has 0 amide bonds. The molecule has 1 atom stereocenters. The van der Waals surface area contributed by atoms with Gasteiger partial charge in [-0.15, -0.1) is 0 Å². The van der Waals surface area contributed by atoms with Crippen LogP contribution in [0.15, 0.2) is 100 Å².